The monoisotopic (exact) mass is 389 g/mol. The van der Waals surface area contributed by atoms with Crippen molar-refractivity contribution in [2.75, 3.05) is 12.4 Å². The van der Waals surface area contributed by atoms with Crippen molar-refractivity contribution in [1.29, 1.82) is 0 Å². The largest absolute Gasteiger partial charge is 0.494 e. The van der Waals surface area contributed by atoms with Gasteiger partial charge in [0.05, 0.1) is 12.1 Å². The zero-order valence-electron chi connectivity index (χ0n) is 12.7. The van der Waals surface area contributed by atoms with Crippen molar-refractivity contribution < 1.29 is 22.1 Å². The first-order chi connectivity index (χ1) is 11.2. The van der Waals surface area contributed by atoms with Gasteiger partial charge in [-0.15, -0.1) is 0 Å². The summed E-state index contributed by atoms with van der Waals surface area (Å²) in [6.45, 7) is 1.37. The molecule has 2 aromatic carbocycles. The van der Waals surface area contributed by atoms with E-state index in [0.29, 0.717) is 5.69 Å². The van der Waals surface area contributed by atoms with Crippen LogP contribution in [0.4, 0.5) is 5.69 Å². The Bertz CT molecular complexity index is 866. The Morgan fingerprint density at radius 3 is 2.25 bits per heavy atom. The van der Waals surface area contributed by atoms with Gasteiger partial charge in [0.25, 0.3) is 0 Å². The fraction of sp³-hybridized carbons (Fsp3) is 0.133. The predicted molar refractivity (Wildman–Crippen MR) is 91.6 cm³/mol. The fourth-order valence-corrected chi connectivity index (χ4v) is 3.42. The molecule has 0 aliphatic rings. The number of halogens is 2. The van der Waals surface area contributed by atoms with Crippen LogP contribution in [0.15, 0.2) is 41.3 Å². The first-order valence-corrected chi connectivity index (χ1v) is 8.75. The molecule has 0 fully saturated rings. The van der Waals surface area contributed by atoms with E-state index in [1.165, 1.54) is 50.4 Å². The van der Waals surface area contributed by atoms with E-state index in [2.05, 4.69) is 5.32 Å². The average molecular weight is 390 g/mol. The number of ether oxygens (including phenoxy) is 1. The summed E-state index contributed by atoms with van der Waals surface area (Å²) in [5, 5.41) is 2.70. The molecule has 0 heterocycles. The standard InChI is InChI=1S/C15H13Cl2NO5S/c1-9(19)18-10-3-5-11(6-4-10)23-24(20,21)13-8-7-12(16)14(17)15(13)22-2/h3-8H,1-2H3,(H,18,19). The van der Waals surface area contributed by atoms with Crippen molar-refractivity contribution in [3.63, 3.8) is 0 Å². The van der Waals surface area contributed by atoms with Crippen LogP contribution in [-0.2, 0) is 14.9 Å². The van der Waals surface area contributed by atoms with Gasteiger partial charge in [-0.2, -0.15) is 8.42 Å². The smallest absolute Gasteiger partial charge is 0.342 e. The van der Waals surface area contributed by atoms with Crippen LogP contribution in [0.1, 0.15) is 6.92 Å². The van der Waals surface area contributed by atoms with E-state index in [1.807, 2.05) is 0 Å². The number of benzene rings is 2. The van der Waals surface area contributed by atoms with Gasteiger partial charge in [-0.3, -0.25) is 4.79 Å². The van der Waals surface area contributed by atoms with Gasteiger partial charge >= 0.3 is 10.1 Å². The van der Waals surface area contributed by atoms with E-state index < -0.39 is 10.1 Å². The van der Waals surface area contributed by atoms with Gasteiger partial charge < -0.3 is 14.2 Å². The lowest BCUT2D eigenvalue weighted by Gasteiger charge is -2.13. The van der Waals surface area contributed by atoms with Gasteiger partial charge in [0.1, 0.15) is 15.7 Å². The minimum absolute atomic E-state index is 0.0233. The quantitative estimate of drug-likeness (QED) is 0.787. The minimum atomic E-state index is -4.19. The SMILES string of the molecule is COc1c(S(=O)(=O)Oc2ccc(NC(C)=O)cc2)ccc(Cl)c1Cl. The molecule has 0 saturated carbocycles. The van der Waals surface area contributed by atoms with E-state index in [4.69, 9.17) is 32.1 Å². The fourth-order valence-electron chi connectivity index (χ4n) is 1.87. The number of carbonyl (C=O) groups excluding carboxylic acids is 1. The van der Waals surface area contributed by atoms with Gasteiger partial charge in [-0.1, -0.05) is 23.2 Å². The van der Waals surface area contributed by atoms with Crippen molar-refractivity contribution in [2.45, 2.75) is 11.8 Å². The lowest BCUT2D eigenvalue weighted by atomic mass is 10.3. The molecule has 24 heavy (non-hydrogen) atoms. The third-order valence-electron chi connectivity index (χ3n) is 2.87. The Morgan fingerprint density at radius 1 is 1.08 bits per heavy atom. The lowest BCUT2D eigenvalue weighted by molar-refractivity contribution is -0.114. The number of hydrogen-bond acceptors (Lipinski definition) is 5. The molecule has 6 nitrogen and oxygen atoms in total. The molecule has 0 aliphatic carbocycles. The summed E-state index contributed by atoms with van der Waals surface area (Å²) in [5.74, 6) is -0.270. The van der Waals surface area contributed by atoms with Crippen LogP contribution >= 0.6 is 23.2 Å². The molecule has 9 heteroatoms. The second kappa shape index (κ2) is 7.29. The lowest BCUT2D eigenvalue weighted by Crippen LogP contribution is -2.11. The normalized spacial score (nSPS) is 11.0. The number of hydrogen-bond donors (Lipinski definition) is 1. The van der Waals surface area contributed by atoms with Crippen molar-refractivity contribution in [1.82, 2.24) is 0 Å². The molecule has 0 atom stereocenters. The van der Waals surface area contributed by atoms with Crippen molar-refractivity contribution >= 4 is 44.9 Å². The van der Waals surface area contributed by atoms with Gasteiger partial charge in [0.15, 0.2) is 5.75 Å². The second-order valence-electron chi connectivity index (χ2n) is 4.64. The Labute approximate surface area is 149 Å². The molecule has 1 amide bonds. The summed E-state index contributed by atoms with van der Waals surface area (Å²) in [6.07, 6.45) is 0. The maximum Gasteiger partial charge on any atom is 0.342 e. The van der Waals surface area contributed by atoms with E-state index in [-0.39, 0.29) is 32.3 Å². The summed E-state index contributed by atoms with van der Waals surface area (Å²) < 4.78 is 35.0. The molecule has 0 aliphatic heterocycles. The van der Waals surface area contributed by atoms with Crippen molar-refractivity contribution in [3.05, 3.63) is 46.4 Å². The number of amides is 1. The highest BCUT2D eigenvalue weighted by Gasteiger charge is 2.25. The predicted octanol–water partition coefficient (Wildman–Crippen LogP) is 3.73. The van der Waals surface area contributed by atoms with Crippen molar-refractivity contribution in [2.24, 2.45) is 0 Å². The summed E-state index contributed by atoms with van der Waals surface area (Å²) in [4.78, 5) is 10.7. The topological polar surface area (TPSA) is 81.7 Å². The molecule has 0 saturated heterocycles. The highest BCUT2D eigenvalue weighted by molar-refractivity contribution is 7.87. The first-order valence-electron chi connectivity index (χ1n) is 6.58. The maximum absolute atomic E-state index is 12.4. The van der Waals surface area contributed by atoms with Crippen LogP contribution in [-0.4, -0.2) is 21.4 Å². The van der Waals surface area contributed by atoms with Crippen LogP contribution < -0.4 is 14.2 Å². The summed E-state index contributed by atoms with van der Waals surface area (Å²) in [6, 6.07) is 8.42. The number of anilines is 1. The van der Waals surface area contributed by atoms with Crippen LogP contribution in [0.3, 0.4) is 0 Å². The molecular weight excluding hydrogens is 377 g/mol. The van der Waals surface area contributed by atoms with E-state index in [0.717, 1.165) is 0 Å². The van der Waals surface area contributed by atoms with Gasteiger partial charge in [-0.05, 0) is 36.4 Å². The van der Waals surface area contributed by atoms with Gasteiger partial charge in [-0.25, -0.2) is 0 Å². The Morgan fingerprint density at radius 2 is 1.71 bits per heavy atom. The minimum Gasteiger partial charge on any atom is -0.494 e. The van der Waals surface area contributed by atoms with E-state index in [1.54, 1.807) is 0 Å². The average Bonchev–Trinajstić information content (AvgIpc) is 2.50. The van der Waals surface area contributed by atoms with Gasteiger partial charge in [0.2, 0.25) is 5.91 Å². The van der Waals surface area contributed by atoms with Crippen LogP contribution in [0.2, 0.25) is 10.0 Å². The number of carbonyl (C=O) groups is 1. The second-order valence-corrected chi connectivity index (χ2v) is 6.94. The highest BCUT2D eigenvalue weighted by atomic mass is 35.5. The summed E-state index contributed by atoms with van der Waals surface area (Å²) >= 11 is 11.8. The van der Waals surface area contributed by atoms with Crippen LogP contribution in [0.5, 0.6) is 11.5 Å². The number of nitrogens with one attached hydrogen (secondary N) is 1. The maximum atomic E-state index is 12.4. The van der Waals surface area contributed by atoms with Crippen molar-refractivity contribution in [3.8, 4) is 11.5 Å². The Balaban J connectivity index is 2.32. The zero-order valence-corrected chi connectivity index (χ0v) is 15.0. The molecular formula is C15H13Cl2NO5S. The highest BCUT2D eigenvalue weighted by Crippen LogP contribution is 2.38. The van der Waals surface area contributed by atoms with E-state index in [9.17, 15) is 13.2 Å². The summed E-state index contributed by atoms with van der Waals surface area (Å²) in [5.41, 5.74) is 0.513. The van der Waals surface area contributed by atoms with Gasteiger partial charge in [0, 0.05) is 12.6 Å². The third-order valence-corrected chi connectivity index (χ3v) is 4.93. The molecule has 0 spiro atoms. The Hall–Kier alpha value is -1.96. The first kappa shape index (κ1) is 18.4. The van der Waals surface area contributed by atoms with Crippen LogP contribution in [0.25, 0.3) is 0 Å². The molecule has 128 valence electrons. The Kier molecular flexibility index (Phi) is 5.58. The molecule has 1 N–H and O–H groups in total. The summed E-state index contributed by atoms with van der Waals surface area (Å²) in [7, 11) is -2.91. The molecule has 0 radical (unpaired) electrons. The molecule has 2 aromatic rings. The molecule has 0 unspecified atom stereocenters. The van der Waals surface area contributed by atoms with Crippen LogP contribution in [0, 0.1) is 0 Å². The molecule has 0 aromatic heterocycles. The molecule has 0 bridgehead atoms. The number of methoxy groups -OCH3 is 1. The van der Waals surface area contributed by atoms with E-state index >= 15 is 0 Å². The zero-order chi connectivity index (χ0) is 17.9. The third kappa shape index (κ3) is 4.11. The molecule has 2 rings (SSSR count). The number of rotatable bonds is 5.